The van der Waals surface area contributed by atoms with Crippen LogP contribution in [0.3, 0.4) is 0 Å². The Hall–Kier alpha value is -1.98. The van der Waals surface area contributed by atoms with E-state index in [0.717, 1.165) is 28.4 Å². The third-order valence-corrected chi connectivity index (χ3v) is 4.72. The number of carbonyl (C=O) groups excluding carboxylic acids is 1. The van der Waals surface area contributed by atoms with E-state index in [1.54, 1.807) is 11.8 Å². The number of anilines is 1. The monoisotopic (exact) mass is 358 g/mol. The molecule has 0 aliphatic heterocycles. The fourth-order valence-electron chi connectivity index (χ4n) is 2.39. The number of thioether (sulfide) groups is 1. The molecule has 0 heterocycles. The zero-order valence-electron chi connectivity index (χ0n) is 15.1. The zero-order valence-corrected chi connectivity index (χ0v) is 15.9. The molecule has 0 unspecified atom stereocenters. The van der Waals surface area contributed by atoms with E-state index in [4.69, 9.17) is 4.74 Å². The Bertz CT molecular complexity index is 691. The molecule has 134 valence electrons. The molecule has 1 N–H and O–H groups in total. The Morgan fingerprint density at radius 2 is 1.84 bits per heavy atom. The Kier molecular flexibility index (Phi) is 7.82. The van der Waals surface area contributed by atoms with Gasteiger partial charge < -0.3 is 15.0 Å². The van der Waals surface area contributed by atoms with Crippen molar-refractivity contribution in [2.24, 2.45) is 0 Å². The van der Waals surface area contributed by atoms with E-state index < -0.39 is 0 Å². The lowest BCUT2D eigenvalue weighted by Gasteiger charge is -2.17. The van der Waals surface area contributed by atoms with Gasteiger partial charge in [-0.15, -0.1) is 11.8 Å². The number of para-hydroxylation sites is 2. The van der Waals surface area contributed by atoms with Gasteiger partial charge in [0.15, 0.2) is 0 Å². The topological polar surface area (TPSA) is 41.6 Å². The van der Waals surface area contributed by atoms with E-state index in [-0.39, 0.29) is 5.91 Å². The number of hydrogen-bond acceptors (Lipinski definition) is 4. The first-order valence-electron chi connectivity index (χ1n) is 8.40. The van der Waals surface area contributed by atoms with Gasteiger partial charge in [0.1, 0.15) is 12.4 Å². The molecule has 1 amide bonds. The molecule has 4 nitrogen and oxygen atoms in total. The number of rotatable bonds is 9. The van der Waals surface area contributed by atoms with Crippen molar-refractivity contribution in [3.05, 3.63) is 54.1 Å². The van der Waals surface area contributed by atoms with Gasteiger partial charge in [-0.1, -0.05) is 30.3 Å². The molecule has 0 aliphatic carbocycles. The first kappa shape index (κ1) is 19.3. The molecule has 25 heavy (non-hydrogen) atoms. The average Bonchev–Trinajstić information content (AvgIpc) is 2.62. The third-order valence-electron chi connectivity index (χ3n) is 3.93. The normalized spacial score (nSPS) is 10.7. The predicted molar refractivity (Wildman–Crippen MR) is 106 cm³/mol. The van der Waals surface area contributed by atoms with Crippen LogP contribution < -0.4 is 10.1 Å². The summed E-state index contributed by atoms with van der Waals surface area (Å²) in [5.41, 5.74) is 2.02. The van der Waals surface area contributed by atoms with E-state index >= 15 is 0 Å². The molecule has 0 saturated heterocycles. The van der Waals surface area contributed by atoms with Gasteiger partial charge in [-0.25, -0.2) is 0 Å². The number of benzene rings is 2. The van der Waals surface area contributed by atoms with Gasteiger partial charge in [0, 0.05) is 24.4 Å². The summed E-state index contributed by atoms with van der Waals surface area (Å²) in [6.07, 6.45) is 2.47. The number of likely N-dealkylation sites (N-methyl/N-ethyl adjacent to an activating group) is 1. The maximum absolute atomic E-state index is 12.1. The highest BCUT2D eigenvalue weighted by molar-refractivity contribution is 7.98. The van der Waals surface area contributed by atoms with Crippen molar-refractivity contribution in [2.45, 2.75) is 18.2 Å². The molecule has 0 fully saturated rings. The fraction of sp³-hybridized carbons (Fsp3) is 0.350. The zero-order chi connectivity index (χ0) is 18.1. The van der Waals surface area contributed by atoms with Gasteiger partial charge in [-0.2, -0.15) is 0 Å². The van der Waals surface area contributed by atoms with Gasteiger partial charge >= 0.3 is 0 Å². The van der Waals surface area contributed by atoms with E-state index in [2.05, 4.69) is 10.2 Å². The molecule has 5 heteroatoms. The maximum Gasteiger partial charge on any atom is 0.225 e. The van der Waals surface area contributed by atoms with Crippen LogP contribution in [0.15, 0.2) is 53.4 Å². The van der Waals surface area contributed by atoms with Crippen molar-refractivity contribution in [3.63, 3.8) is 0 Å². The summed E-state index contributed by atoms with van der Waals surface area (Å²) in [5.74, 6) is 0.954. The van der Waals surface area contributed by atoms with Crippen LogP contribution in [0.1, 0.15) is 12.0 Å². The standard InChI is InChI=1S/C20H26N2O2S/c1-16-8-4-6-10-18(16)24-15-14-22(2)13-12-20(23)21-17-9-5-7-11-19(17)25-3/h4-11H,12-15H2,1-3H3,(H,21,23). The first-order chi connectivity index (χ1) is 12.1. The van der Waals surface area contributed by atoms with Gasteiger partial charge in [0.25, 0.3) is 0 Å². The van der Waals surface area contributed by atoms with E-state index in [1.165, 1.54) is 0 Å². The first-order valence-corrected chi connectivity index (χ1v) is 9.62. The molecule has 2 rings (SSSR count). The second-order valence-corrected chi connectivity index (χ2v) is 6.76. The fourth-order valence-corrected chi connectivity index (χ4v) is 2.95. The molecule has 0 atom stereocenters. The quantitative estimate of drug-likeness (QED) is 0.687. The highest BCUT2D eigenvalue weighted by Gasteiger charge is 2.08. The van der Waals surface area contributed by atoms with Crippen molar-refractivity contribution >= 4 is 23.4 Å². The molecule has 0 aromatic heterocycles. The summed E-state index contributed by atoms with van der Waals surface area (Å²) in [4.78, 5) is 15.3. The molecular formula is C20H26N2O2S. The Balaban J connectivity index is 1.70. The van der Waals surface area contributed by atoms with Crippen molar-refractivity contribution in [1.29, 1.82) is 0 Å². The second kappa shape index (κ2) is 10.1. The van der Waals surface area contributed by atoms with Crippen LogP contribution in [0.2, 0.25) is 0 Å². The molecular weight excluding hydrogens is 332 g/mol. The largest absolute Gasteiger partial charge is 0.492 e. The lowest BCUT2D eigenvalue weighted by atomic mass is 10.2. The Morgan fingerprint density at radius 1 is 1.12 bits per heavy atom. The molecule has 0 saturated carbocycles. The molecule has 0 radical (unpaired) electrons. The number of carbonyl (C=O) groups is 1. The van der Waals surface area contributed by atoms with Crippen LogP contribution in [0.25, 0.3) is 0 Å². The summed E-state index contributed by atoms with van der Waals surface area (Å²) in [7, 11) is 2.00. The maximum atomic E-state index is 12.1. The van der Waals surface area contributed by atoms with E-state index in [1.807, 2.05) is 68.8 Å². The third kappa shape index (κ3) is 6.44. The number of aryl methyl sites for hydroxylation is 1. The van der Waals surface area contributed by atoms with Gasteiger partial charge in [0.05, 0.1) is 5.69 Å². The highest BCUT2D eigenvalue weighted by Crippen LogP contribution is 2.24. The highest BCUT2D eigenvalue weighted by atomic mass is 32.2. The number of nitrogens with zero attached hydrogens (tertiary/aromatic N) is 1. The number of amides is 1. The number of hydrogen-bond donors (Lipinski definition) is 1. The van der Waals surface area contributed by atoms with Crippen molar-refractivity contribution < 1.29 is 9.53 Å². The molecule has 0 spiro atoms. The predicted octanol–water partition coefficient (Wildman–Crippen LogP) is 4.06. The summed E-state index contributed by atoms with van der Waals surface area (Å²) in [5, 5.41) is 2.99. The summed E-state index contributed by atoms with van der Waals surface area (Å²) >= 11 is 1.63. The number of nitrogens with one attached hydrogen (secondary N) is 1. The van der Waals surface area contributed by atoms with Crippen LogP contribution >= 0.6 is 11.8 Å². The SMILES string of the molecule is CSc1ccccc1NC(=O)CCN(C)CCOc1ccccc1C. The van der Waals surface area contributed by atoms with Crippen LogP contribution in [0, 0.1) is 6.92 Å². The van der Waals surface area contributed by atoms with Crippen LogP contribution in [0.4, 0.5) is 5.69 Å². The summed E-state index contributed by atoms with van der Waals surface area (Å²) < 4.78 is 5.80. The molecule has 0 aliphatic rings. The number of ether oxygens (including phenoxy) is 1. The summed E-state index contributed by atoms with van der Waals surface area (Å²) in [6.45, 7) is 4.13. The lowest BCUT2D eigenvalue weighted by molar-refractivity contribution is -0.116. The van der Waals surface area contributed by atoms with Crippen LogP contribution in [0.5, 0.6) is 5.75 Å². The molecule has 2 aromatic rings. The van der Waals surface area contributed by atoms with Gasteiger partial charge in [-0.3, -0.25) is 4.79 Å². The summed E-state index contributed by atoms with van der Waals surface area (Å²) in [6, 6.07) is 15.8. The van der Waals surface area contributed by atoms with Crippen LogP contribution in [-0.2, 0) is 4.79 Å². The smallest absolute Gasteiger partial charge is 0.225 e. The molecule has 0 bridgehead atoms. The molecule has 2 aromatic carbocycles. The minimum Gasteiger partial charge on any atom is -0.492 e. The van der Waals surface area contributed by atoms with Crippen molar-refractivity contribution in [1.82, 2.24) is 4.90 Å². The average molecular weight is 359 g/mol. The minimum absolute atomic E-state index is 0.0353. The van der Waals surface area contributed by atoms with Crippen LogP contribution in [-0.4, -0.2) is 43.8 Å². The Labute approximate surface area is 154 Å². The Morgan fingerprint density at radius 3 is 2.60 bits per heavy atom. The van der Waals surface area contributed by atoms with Crippen molar-refractivity contribution in [2.75, 3.05) is 38.3 Å². The van der Waals surface area contributed by atoms with Gasteiger partial charge in [-0.05, 0) is 44.0 Å². The minimum atomic E-state index is 0.0353. The van der Waals surface area contributed by atoms with E-state index in [9.17, 15) is 4.79 Å². The lowest BCUT2D eigenvalue weighted by Crippen LogP contribution is -2.28. The second-order valence-electron chi connectivity index (χ2n) is 5.92. The van der Waals surface area contributed by atoms with Gasteiger partial charge in [0.2, 0.25) is 5.91 Å². The van der Waals surface area contributed by atoms with Crippen molar-refractivity contribution in [3.8, 4) is 5.75 Å². The van der Waals surface area contributed by atoms with E-state index in [0.29, 0.717) is 19.6 Å².